The highest BCUT2D eigenvalue weighted by Crippen LogP contribution is 2.24. The Morgan fingerprint density at radius 1 is 0.931 bits per heavy atom. The second kappa shape index (κ2) is 11.1. The highest BCUT2D eigenvalue weighted by molar-refractivity contribution is 7.99. The Morgan fingerprint density at radius 2 is 1.62 bits per heavy atom. The summed E-state index contributed by atoms with van der Waals surface area (Å²) in [6.07, 6.45) is 9.56. The Labute approximate surface area is 175 Å². The van der Waals surface area contributed by atoms with Gasteiger partial charge in [0.2, 0.25) is 0 Å². The van der Waals surface area contributed by atoms with Gasteiger partial charge in [-0.2, -0.15) is 0 Å². The molecule has 0 aliphatic carbocycles. The number of aromatic carboxylic acids is 1. The first-order chi connectivity index (χ1) is 14.2. The maximum Gasteiger partial charge on any atom is 0.336 e. The summed E-state index contributed by atoms with van der Waals surface area (Å²) < 4.78 is 5.80. The van der Waals surface area contributed by atoms with Crippen molar-refractivity contribution in [2.45, 2.75) is 17.7 Å². The van der Waals surface area contributed by atoms with Crippen molar-refractivity contribution in [2.24, 2.45) is 0 Å². The van der Waals surface area contributed by atoms with Gasteiger partial charge in [-0.3, -0.25) is 4.98 Å². The van der Waals surface area contributed by atoms with Gasteiger partial charge in [-0.15, -0.1) is 11.8 Å². The van der Waals surface area contributed by atoms with Gasteiger partial charge in [0.25, 0.3) is 0 Å². The molecule has 0 saturated carbocycles. The minimum absolute atomic E-state index is 0.367. The van der Waals surface area contributed by atoms with Crippen LogP contribution in [0.4, 0.5) is 0 Å². The minimum atomic E-state index is -0.879. The van der Waals surface area contributed by atoms with E-state index in [2.05, 4.69) is 17.1 Å². The summed E-state index contributed by atoms with van der Waals surface area (Å²) in [5.41, 5.74) is 2.60. The predicted octanol–water partition coefficient (Wildman–Crippen LogP) is 5.90. The number of benzene rings is 2. The maximum absolute atomic E-state index is 11.2. The Morgan fingerprint density at radius 3 is 2.34 bits per heavy atom. The molecule has 148 valence electrons. The average Bonchev–Trinajstić information content (AvgIpc) is 2.76. The molecule has 0 aliphatic rings. The number of rotatable bonds is 10. The fraction of sp³-hybridized carbons (Fsp3) is 0.167. The molecule has 1 heterocycles. The molecule has 3 rings (SSSR count). The molecular weight excluding hydrogens is 382 g/mol. The van der Waals surface area contributed by atoms with Gasteiger partial charge < -0.3 is 9.84 Å². The summed E-state index contributed by atoms with van der Waals surface area (Å²) in [5, 5.41) is 9.20. The SMILES string of the molecule is O=C(O)c1ccccc1SCCCCOc1ccc(C=Cc2ccncc2)cc1. The lowest BCUT2D eigenvalue weighted by molar-refractivity contribution is 0.0693. The van der Waals surface area contributed by atoms with Gasteiger partial charge in [0.05, 0.1) is 12.2 Å². The largest absolute Gasteiger partial charge is 0.494 e. The molecule has 0 saturated heterocycles. The number of ether oxygens (including phenoxy) is 1. The maximum atomic E-state index is 11.2. The Hall–Kier alpha value is -3.05. The molecule has 0 atom stereocenters. The average molecular weight is 406 g/mol. The Balaban J connectivity index is 1.37. The van der Waals surface area contributed by atoms with Crippen molar-refractivity contribution in [2.75, 3.05) is 12.4 Å². The number of aromatic nitrogens is 1. The number of thioether (sulfide) groups is 1. The van der Waals surface area contributed by atoms with Crippen LogP contribution < -0.4 is 4.74 Å². The number of unbranched alkanes of at least 4 members (excludes halogenated alkanes) is 1. The van der Waals surface area contributed by atoms with Gasteiger partial charge in [-0.25, -0.2) is 4.79 Å². The third kappa shape index (κ3) is 6.80. The van der Waals surface area contributed by atoms with Crippen LogP contribution in [0.15, 0.2) is 78.0 Å². The van der Waals surface area contributed by atoms with Gasteiger partial charge in [-0.05, 0) is 66.1 Å². The summed E-state index contributed by atoms with van der Waals surface area (Å²) in [4.78, 5) is 16.0. The van der Waals surface area contributed by atoms with E-state index in [0.29, 0.717) is 12.2 Å². The summed E-state index contributed by atoms with van der Waals surface area (Å²) in [6.45, 7) is 0.646. The van der Waals surface area contributed by atoms with Crippen LogP contribution in [-0.4, -0.2) is 28.4 Å². The molecular formula is C24H23NO3S. The Kier molecular flexibility index (Phi) is 7.90. The summed E-state index contributed by atoms with van der Waals surface area (Å²) in [7, 11) is 0. The van der Waals surface area contributed by atoms with Gasteiger partial charge in [0.1, 0.15) is 5.75 Å². The number of nitrogens with zero attached hydrogens (tertiary/aromatic N) is 1. The van der Waals surface area contributed by atoms with Crippen LogP contribution in [0.25, 0.3) is 12.2 Å². The van der Waals surface area contributed by atoms with Crippen molar-refractivity contribution in [3.05, 3.63) is 89.7 Å². The van der Waals surface area contributed by atoms with E-state index in [1.54, 1.807) is 36.3 Å². The van der Waals surface area contributed by atoms with Crippen molar-refractivity contribution in [1.82, 2.24) is 4.98 Å². The number of carboxylic acids is 1. The molecule has 0 fully saturated rings. The van der Waals surface area contributed by atoms with Crippen molar-refractivity contribution >= 4 is 29.9 Å². The summed E-state index contributed by atoms with van der Waals surface area (Å²) in [6, 6.07) is 19.1. The van der Waals surface area contributed by atoms with Crippen molar-refractivity contribution in [1.29, 1.82) is 0 Å². The molecule has 0 spiro atoms. The topological polar surface area (TPSA) is 59.4 Å². The normalized spacial score (nSPS) is 10.9. The third-order valence-corrected chi connectivity index (χ3v) is 5.40. The number of pyridine rings is 1. The molecule has 0 amide bonds. The first-order valence-corrected chi connectivity index (χ1v) is 10.5. The molecule has 3 aromatic rings. The number of hydrogen-bond acceptors (Lipinski definition) is 4. The molecule has 0 unspecified atom stereocenters. The van der Waals surface area contributed by atoms with Crippen molar-refractivity contribution in [3.8, 4) is 5.75 Å². The zero-order chi connectivity index (χ0) is 20.3. The molecule has 0 radical (unpaired) electrons. The fourth-order valence-electron chi connectivity index (χ4n) is 2.69. The zero-order valence-electron chi connectivity index (χ0n) is 16.0. The highest BCUT2D eigenvalue weighted by atomic mass is 32.2. The summed E-state index contributed by atoms with van der Waals surface area (Å²) in [5.74, 6) is 0.845. The third-order valence-electron chi connectivity index (χ3n) is 4.24. The van der Waals surface area contributed by atoms with Crippen LogP contribution in [0.5, 0.6) is 5.75 Å². The van der Waals surface area contributed by atoms with E-state index in [9.17, 15) is 9.90 Å². The smallest absolute Gasteiger partial charge is 0.336 e. The fourth-order valence-corrected chi connectivity index (χ4v) is 3.74. The lowest BCUT2D eigenvalue weighted by Crippen LogP contribution is -2.00. The molecule has 29 heavy (non-hydrogen) atoms. The van der Waals surface area contributed by atoms with Crippen LogP contribution in [0.1, 0.15) is 34.3 Å². The zero-order valence-corrected chi connectivity index (χ0v) is 16.8. The van der Waals surface area contributed by atoms with Gasteiger partial charge >= 0.3 is 5.97 Å². The molecule has 0 aliphatic heterocycles. The number of hydrogen-bond donors (Lipinski definition) is 1. The molecule has 2 aromatic carbocycles. The van der Waals surface area contributed by atoms with E-state index in [0.717, 1.165) is 40.4 Å². The quantitative estimate of drug-likeness (QED) is 0.336. The second-order valence-corrected chi connectivity index (χ2v) is 7.53. The van der Waals surface area contributed by atoms with Crippen LogP contribution in [0.2, 0.25) is 0 Å². The van der Waals surface area contributed by atoms with Crippen molar-refractivity contribution < 1.29 is 14.6 Å². The van der Waals surface area contributed by atoms with E-state index in [1.165, 1.54) is 0 Å². The molecule has 0 bridgehead atoms. The van der Waals surface area contributed by atoms with E-state index in [4.69, 9.17) is 4.74 Å². The van der Waals surface area contributed by atoms with Gasteiger partial charge in [0, 0.05) is 17.3 Å². The van der Waals surface area contributed by atoms with E-state index >= 15 is 0 Å². The highest BCUT2D eigenvalue weighted by Gasteiger charge is 2.08. The Bertz CT molecular complexity index is 940. The molecule has 1 aromatic heterocycles. The van der Waals surface area contributed by atoms with E-state index < -0.39 is 5.97 Å². The number of carboxylic acid groups (broad SMARTS) is 1. The number of carbonyl (C=O) groups is 1. The van der Waals surface area contributed by atoms with Crippen LogP contribution in [0, 0.1) is 0 Å². The van der Waals surface area contributed by atoms with Gasteiger partial charge in [-0.1, -0.05) is 36.4 Å². The van der Waals surface area contributed by atoms with E-state index in [-0.39, 0.29) is 0 Å². The monoisotopic (exact) mass is 405 g/mol. The van der Waals surface area contributed by atoms with Gasteiger partial charge in [0.15, 0.2) is 0 Å². The second-order valence-electron chi connectivity index (χ2n) is 6.39. The predicted molar refractivity (Wildman–Crippen MR) is 118 cm³/mol. The van der Waals surface area contributed by atoms with Crippen LogP contribution >= 0.6 is 11.8 Å². The van der Waals surface area contributed by atoms with Crippen LogP contribution in [0.3, 0.4) is 0 Å². The van der Waals surface area contributed by atoms with E-state index in [1.807, 2.05) is 48.5 Å². The van der Waals surface area contributed by atoms with Crippen LogP contribution in [-0.2, 0) is 0 Å². The minimum Gasteiger partial charge on any atom is -0.494 e. The van der Waals surface area contributed by atoms with Crippen molar-refractivity contribution in [3.63, 3.8) is 0 Å². The first-order valence-electron chi connectivity index (χ1n) is 9.48. The molecule has 1 N–H and O–H groups in total. The standard InChI is InChI=1S/C24H23NO3S/c26-24(27)22-5-1-2-6-23(22)29-18-4-3-17-28-21-11-9-19(10-12-21)7-8-20-13-15-25-16-14-20/h1-2,5-16H,3-4,17-18H2,(H,26,27). The summed E-state index contributed by atoms with van der Waals surface area (Å²) >= 11 is 1.58. The first kappa shape index (κ1) is 20.7. The lowest BCUT2D eigenvalue weighted by atomic mass is 10.1. The lowest BCUT2D eigenvalue weighted by Gasteiger charge is -2.07. The molecule has 4 nitrogen and oxygen atoms in total. The molecule has 5 heteroatoms.